The fraction of sp³-hybridized carbons (Fsp3) is 0.600. The molecule has 2 N–H and O–H groups in total. The van der Waals surface area contributed by atoms with Gasteiger partial charge in [0.05, 0.1) is 0 Å². The highest BCUT2D eigenvalue weighted by atomic mass is 32.2. The predicted octanol–water partition coefficient (Wildman–Crippen LogP) is -0.350. The molecule has 0 aromatic rings. The number of carbonyl (C=O) groups excluding carboxylic acids is 2. The molecule has 7 heteroatoms. The molecule has 2 aliphatic rings. The molecule has 2 rings (SSSR count). The number of fused-ring (bicyclic) bond motifs is 1. The van der Waals surface area contributed by atoms with Crippen molar-refractivity contribution < 1.29 is 19.1 Å². The average molecular weight is 258 g/mol. The first kappa shape index (κ1) is 12.4. The van der Waals surface area contributed by atoms with Crippen LogP contribution in [0.2, 0.25) is 0 Å². The maximum atomic E-state index is 11.8. The monoisotopic (exact) mass is 258 g/mol. The van der Waals surface area contributed by atoms with Crippen molar-refractivity contribution in [3.8, 4) is 0 Å². The third-order valence-corrected chi connectivity index (χ3v) is 4.15. The van der Waals surface area contributed by atoms with E-state index in [0.717, 1.165) is 5.57 Å². The summed E-state index contributed by atoms with van der Waals surface area (Å²) >= 11 is 1.56. The van der Waals surface area contributed by atoms with Crippen LogP contribution in [0.5, 0.6) is 0 Å². The highest BCUT2D eigenvalue weighted by Crippen LogP contribution is 2.39. The standard InChI is InChI=1S/C10H14N2O4S/c1-5-3-17-9-6(11)8(13)12(9)7(5)10(14)16-4-15-2/h6,9H,3-4,11H2,1-2H3/t6?,9-/m0/s1. The molecule has 1 unspecified atom stereocenters. The zero-order valence-corrected chi connectivity index (χ0v) is 10.5. The Labute approximate surface area is 103 Å². The normalized spacial score (nSPS) is 27.7. The lowest BCUT2D eigenvalue weighted by atomic mass is 10.0. The molecule has 1 saturated heterocycles. The van der Waals surface area contributed by atoms with Gasteiger partial charge in [0.2, 0.25) is 5.91 Å². The lowest BCUT2D eigenvalue weighted by Gasteiger charge is -2.48. The lowest BCUT2D eigenvalue weighted by Crippen LogP contribution is -2.68. The Balaban J connectivity index is 2.18. The molecule has 0 bridgehead atoms. The molecular formula is C10H14N2O4S. The second-order valence-corrected chi connectivity index (χ2v) is 5.01. The molecule has 94 valence electrons. The second kappa shape index (κ2) is 4.67. The van der Waals surface area contributed by atoms with Crippen LogP contribution in [0.15, 0.2) is 11.3 Å². The highest BCUT2D eigenvalue weighted by molar-refractivity contribution is 8.00. The first-order valence-electron chi connectivity index (χ1n) is 5.14. The maximum absolute atomic E-state index is 11.8. The van der Waals surface area contributed by atoms with Crippen LogP contribution in [-0.4, -0.2) is 47.8 Å². The minimum Gasteiger partial charge on any atom is -0.434 e. The fourth-order valence-electron chi connectivity index (χ4n) is 1.84. The van der Waals surface area contributed by atoms with Gasteiger partial charge in [-0.15, -0.1) is 11.8 Å². The van der Waals surface area contributed by atoms with Crippen LogP contribution in [0.3, 0.4) is 0 Å². The Morgan fingerprint density at radius 1 is 1.65 bits per heavy atom. The number of amides is 1. The Kier molecular flexibility index (Phi) is 3.41. The van der Waals surface area contributed by atoms with Gasteiger partial charge >= 0.3 is 5.97 Å². The number of carbonyl (C=O) groups is 2. The third kappa shape index (κ3) is 1.94. The van der Waals surface area contributed by atoms with Gasteiger partial charge in [0.25, 0.3) is 0 Å². The van der Waals surface area contributed by atoms with Crippen LogP contribution >= 0.6 is 11.8 Å². The smallest absolute Gasteiger partial charge is 0.357 e. The number of nitrogens with zero attached hydrogens (tertiary/aromatic N) is 1. The molecule has 0 aromatic heterocycles. The van der Waals surface area contributed by atoms with Gasteiger partial charge in [0.1, 0.15) is 17.1 Å². The molecule has 0 saturated carbocycles. The summed E-state index contributed by atoms with van der Waals surface area (Å²) in [5.74, 6) is -0.0830. The Morgan fingerprint density at radius 3 is 3.00 bits per heavy atom. The van der Waals surface area contributed by atoms with Crippen molar-refractivity contribution in [2.75, 3.05) is 19.7 Å². The summed E-state index contributed by atoms with van der Waals surface area (Å²) in [6.45, 7) is 1.69. The van der Waals surface area contributed by atoms with E-state index in [1.165, 1.54) is 12.0 Å². The number of nitrogens with two attached hydrogens (primary N) is 1. The first-order valence-corrected chi connectivity index (χ1v) is 6.19. The van der Waals surface area contributed by atoms with Gasteiger partial charge in [0.15, 0.2) is 6.79 Å². The number of esters is 1. The number of β-lactam (4-membered cyclic amide) rings is 1. The second-order valence-electron chi connectivity index (χ2n) is 3.90. The zero-order valence-electron chi connectivity index (χ0n) is 9.63. The number of methoxy groups -OCH3 is 1. The number of thioether (sulfide) groups is 1. The minimum atomic E-state index is -0.532. The lowest BCUT2D eigenvalue weighted by molar-refractivity contribution is -0.157. The summed E-state index contributed by atoms with van der Waals surface area (Å²) in [5, 5.41) is -0.142. The van der Waals surface area contributed by atoms with Crippen molar-refractivity contribution in [2.24, 2.45) is 5.73 Å². The summed E-state index contributed by atoms with van der Waals surface area (Å²) in [6, 6.07) is -0.515. The number of hydrogen-bond donors (Lipinski definition) is 1. The van der Waals surface area contributed by atoms with E-state index in [0.29, 0.717) is 11.4 Å². The summed E-state index contributed by atoms with van der Waals surface area (Å²) in [6.07, 6.45) is 0. The molecule has 17 heavy (non-hydrogen) atoms. The summed E-state index contributed by atoms with van der Waals surface area (Å²) < 4.78 is 9.54. The van der Waals surface area contributed by atoms with Crippen LogP contribution in [0.4, 0.5) is 0 Å². The molecule has 0 spiro atoms. The number of ether oxygens (including phenoxy) is 2. The van der Waals surface area contributed by atoms with E-state index in [9.17, 15) is 9.59 Å². The van der Waals surface area contributed by atoms with Gasteiger partial charge in [-0.3, -0.25) is 9.69 Å². The molecule has 0 aliphatic carbocycles. The van der Waals surface area contributed by atoms with Crippen molar-refractivity contribution in [2.45, 2.75) is 18.3 Å². The first-order chi connectivity index (χ1) is 8.07. The Hall–Kier alpha value is -1.05. The van der Waals surface area contributed by atoms with E-state index >= 15 is 0 Å². The molecule has 0 aromatic carbocycles. The van der Waals surface area contributed by atoms with Gasteiger partial charge < -0.3 is 15.2 Å². The van der Waals surface area contributed by atoms with E-state index in [1.807, 2.05) is 6.92 Å². The van der Waals surface area contributed by atoms with Crippen LogP contribution in [0, 0.1) is 0 Å². The van der Waals surface area contributed by atoms with E-state index in [2.05, 4.69) is 4.74 Å². The number of hydrogen-bond acceptors (Lipinski definition) is 6. The molecule has 2 aliphatic heterocycles. The van der Waals surface area contributed by atoms with Crippen molar-refractivity contribution in [3.05, 3.63) is 11.3 Å². The molecule has 2 atom stereocenters. The molecular weight excluding hydrogens is 244 g/mol. The van der Waals surface area contributed by atoms with Gasteiger partial charge in [-0.1, -0.05) is 0 Å². The average Bonchev–Trinajstić information content (AvgIpc) is 2.34. The van der Waals surface area contributed by atoms with Crippen molar-refractivity contribution in [1.29, 1.82) is 0 Å². The van der Waals surface area contributed by atoms with E-state index < -0.39 is 12.0 Å². The highest BCUT2D eigenvalue weighted by Gasteiger charge is 2.51. The molecule has 1 fully saturated rings. The van der Waals surface area contributed by atoms with Gasteiger partial charge in [0, 0.05) is 12.9 Å². The molecule has 6 nitrogen and oxygen atoms in total. The van der Waals surface area contributed by atoms with Crippen LogP contribution in [0.1, 0.15) is 6.92 Å². The fourth-order valence-corrected chi connectivity index (χ4v) is 3.08. The van der Waals surface area contributed by atoms with E-state index in [1.54, 1.807) is 11.8 Å². The van der Waals surface area contributed by atoms with E-state index in [-0.39, 0.29) is 18.1 Å². The van der Waals surface area contributed by atoms with Crippen molar-refractivity contribution in [1.82, 2.24) is 4.90 Å². The molecule has 0 radical (unpaired) electrons. The van der Waals surface area contributed by atoms with Crippen molar-refractivity contribution in [3.63, 3.8) is 0 Å². The largest absolute Gasteiger partial charge is 0.434 e. The summed E-state index contributed by atoms with van der Waals surface area (Å²) in [4.78, 5) is 24.9. The van der Waals surface area contributed by atoms with Crippen molar-refractivity contribution >= 4 is 23.6 Å². The predicted molar refractivity (Wildman–Crippen MR) is 61.7 cm³/mol. The molecule has 1 amide bonds. The summed E-state index contributed by atoms with van der Waals surface area (Å²) in [5.41, 5.74) is 6.82. The van der Waals surface area contributed by atoms with Crippen LogP contribution in [-0.2, 0) is 19.1 Å². The van der Waals surface area contributed by atoms with Gasteiger partial charge in [-0.25, -0.2) is 4.79 Å². The van der Waals surface area contributed by atoms with Gasteiger partial charge in [-0.05, 0) is 12.5 Å². The molecule has 2 heterocycles. The summed E-state index contributed by atoms with van der Waals surface area (Å²) in [7, 11) is 1.43. The zero-order chi connectivity index (χ0) is 12.6. The Morgan fingerprint density at radius 2 is 2.35 bits per heavy atom. The van der Waals surface area contributed by atoms with Gasteiger partial charge in [-0.2, -0.15) is 0 Å². The minimum absolute atomic E-state index is 0.124. The van der Waals surface area contributed by atoms with Crippen LogP contribution < -0.4 is 5.73 Å². The van der Waals surface area contributed by atoms with Crippen LogP contribution in [0.25, 0.3) is 0 Å². The quantitative estimate of drug-likeness (QED) is 0.423. The van der Waals surface area contributed by atoms with E-state index in [4.69, 9.17) is 10.5 Å². The number of rotatable bonds is 3. The Bertz CT molecular complexity index is 396. The third-order valence-electron chi connectivity index (χ3n) is 2.70. The maximum Gasteiger partial charge on any atom is 0.357 e. The SMILES string of the molecule is COCOC(=O)C1=C(C)CS[C@H]2C(N)C(=O)N12. The topological polar surface area (TPSA) is 81.9 Å².